The lowest BCUT2D eigenvalue weighted by atomic mass is 10.2. The Balaban J connectivity index is 1.91. The Hall–Kier alpha value is -2.18. The summed E-state index contributed by atoms with van der Waals surface area (Å²) < 4.78 is 11.0. The van der Waals surface area contributed by atoms with Crippen molar-refractivity contribution in [2.75, 3.05) is 19.0 Å². The van der Waals surface area contributed by atoms with Crippen LogP contribution in [0.4, 0.5) is 10.5 Å². The van der Waals surface area contributed by atoms with Crippen LogP contribution < -0.4 is 10.1 Å². The van der Waals surface area contributed by atoms with Crippen molar-refractivity contribution in [3.8, 4) is 5.75 Å². The number of oxazole rings is 1. The van der Waals surface area contributed by atoms with Gasteiger partial charge in [-0.15, -0.1) is 0 Å². The number of carbonyl (C=O) groups excluding carboxylic acids is 1. The van der Waals surface area contributed by atoms with Crippen molar-refractivity contribution >= 4 is 46.0 Å². The zero-order chi connectivity index (χ0) is 17.3. The third-order valence-electron chi connectivity index (χ3n) is 3.47. The number of hydrogen-bond acceptors (Lipinski definition) is 4. The smallest absolute Gasteiger partial charge is 0.326 e. The van der Waals surface area contributed by atoms with Gasteiger partial charge in [0.1, 0.15) is 5.75 Å². The van der Waals surface area contributed by atoms with Crippen LogP contribution in [-0.2, 0) is 6.42 Å². The van der Waals surface area contributed by atoms with Crippen LogP contribution in [0.3, 0.4) is 0 Å². The van der Waals surface area contributed by atoms with Gasteiger partial charge in [0.05, 0.1) is 24.4 Å². The lowest BCUT2D eigenvalue weighted by Crippen LogP contribution is -2.33. The molecule has 8 heteroatoms. The largest absolute Gasteiger partial charge is 0.494 e. The third-order valence-corrected chi connectivity index (χ3v) is 3.91. The van der Waals surface area contributed by atoms with Crippen LogP contribution in [0, 0.1) is 0 Å². The molecular weight excluding hydrogens is 353 g/mol. The van der Waals surface area contributed by atoms with Crippen molar-refractivity contribution in [3.63, 3.8) is 0 Å². The van der Waals surface area contributed by atoms with Gasteiger partial charge < -0.3 is 14.5 Å². The first-order valence-corrected chi connectivity index (χ1v) is 8.04. The molecule has 6 nitrogen and oxygen atoms in total. The molecule has 24 heavy (non-hydrogen) atoms. The van der Waals surface area contributed by atoms with Crippen LogP contribution in [0.25, 0.3) is 11.1 Å². The molecule has 0 aliphatic carbocycles. The zero-order valence-corrected chi connectivity index (χ0v) is 14.6. The molecule has 2 aromatic rings. The van der Waals surface area contributed by atoms with Crippen molar-refractivity contribution in [1.29, 1.82) is 0 Å². The summed E-state index contributed by atoms with van der Waals surface area (Å²) in [5.41, 5.74) is 1.53. The number of nitrogens with zero attached hydrogens (tertiary/aromatic N) is 2. The van der Waals surface area contributed by atoms with Gasteiger partial charge in [-0.1, -0.05) is 30.1 Å². The third kappa shape index (κ3) is 3.20. The number of aromatic nitrogens is 1. The molecule has 3 rings (SSSR count). The van der Waals surface area contributed by atoms with Crippen LogP contribution in [-0.4, -0.2) is 29.6 Å². The Morgan fingerprint density at radius 1 is 1.46 bits per heavy atom. The van der Waals surface area contributed by atoms with Crippen LogP contribution >= 0.6 is 23.2 Å². The first-order chi connectivity index (χ1) is 11.5. The Labute approximate surface area is 148 Å². The molecule has 0 spiro atoms. The maximum atomic E-state index is 12.5. The highest BCUT2D eigenvalue weighted by Crippen LogP contribution is 2.32. The van der Waals surface area contributed by atoms with E-state index in [1.54, 1.807) is 25.3 Å². The van der Waals surface area contributed by atoms with Gasteiger partial charge in [-0.25, -0.2) is 9.78 Å². The number of methoxy groups -OCH3 is 1. The molecule has 0 saturated carbocycles. The van der Waals surface area contributed by atoms with E-state index in [2.05, 4.69) is 10.3 Å². The Morgan fingerprint density at radius 2 is 2.25 bits per heavy atom. The molecule has 1 aliphatic heterocycles. The summed E-state index contributed by atoms with van der Waals surface area (Å²) in [6.45, 7) is 2.18. The van der Waals surface area contributed by atoms with Crippen molar-refractivity contribution < 1.29 is 13.9 Å². The molecule has 1 aromatic carbocycles. The number of aryl methyl sites for hydroxylation is 1. The number of rotatable bonds is 3. The van der Waals surface area contributed by atoms with Crippen molar-refractivity contribution in [2.45, 2.75) is 13.3 Å². The summed E-state index contributed by atoms with van der Waals surface area (Å²) in [6, 6.07) is 3.06. The number of fused-ring (bicyclic) bond motifs is 1. The summed E-state index contributed by atoms with van der Waals surface area (Å²) in [7, 11) is 1.56. The minimum atomic E-state index is -0.375. The molecule has 0 unspecified atom stereocenters. The average molecular weight is 368 g/mol. The Morgan fingerprint density at radius 3 is 2.92 bits per heavy atom. The molecule has 2 amide bonds. The second-order valence-corrected chi connectivity index (χ2v) is 6.04. The SMILES string of the molecule is CCc1nc2c(OC)ccc(NC(=O)N3C=C(Cl)C=C(Cl)C3)c2o1. The number of halogens is 2. The van der Waals surface area contributed by atoms with Gasteiger partial charge in [0.15, 0.2) is 17.0 Å². The number of benzene rings is 1. The fraction of sp³-hybridized carbons (Fsp3) is 0.250. The van der Waals surface area contributed by atoms with E-state index in [0.717, 1.165) is 0 Å². The van der Waals surface area contributed by atoms with Crippen LogP contribution in [0.1, 0.15) is 12.8 Å². The summed E-state index contributed by atoms with van der Waals surface area (Å²) in [4.78, 5) is 18.2. The molecule has 0 fully saturated rings. The van der Waals surface area contributed by atoms with E-state index in [4.69, 9.17) is 32.4 Å². The Kier molecular flexibility index (Phi) is 4.69. The number of carbonyl (C=O) groups is 1. The number of hydrogen-bond donors (Lipinski definition) is 1. The summed E-state index contributed by atoms with van der Waals surface area (Å²) >= 11 is 11.9. The molecule has 1 aromatic heterocycles. The standard InChI is InChI=1S/C16H15Cl2N3O3/c1-3-13-20-14-12(23-2)5-4-11(15(14)24-13)19-16(22)21-7-9(17)6-10(18)8-21/h4-7H,3,8H2,1-2H3,(H,19,22). The number of nitrogens with one attached hydrogen (secondary N) is 1. The molecule has 1 N–H and O–H groups in total. The molecule has 0 saturated heterocycles. The maximum absolute atomic E-state index is 12.5. The first kappa shape index (κ1) is 16.7. The van der Waals surface area contributed by atoms with Gasteiger partial charge in [0.2, 0.25) is 0 Å². The van der Waals surface area contributed by atoms with E-state index in [1.165, 1.54) is 11.1 Å². The number of ether oxygens (including phenoxy) is 1. The van der Waals surface area contributed by atoms with E-state index >= 15 is 0 Å². The molecule has 126 valence electrons. The van der Waals surface area contributed by atoms with Crippen molar-refractivity contribution in [3.05, 3.63) is 40.4 Å². The molecule has 0 bridgehead atoms. The molecule has 0 radical (unpaired) electrons. The molecule has 0 atom stereocenters. The minimum absolute atomic E-state index is 0.250. The quantitative estimate of drug-likeness (QED) is 0.869. The van der Waals surface area contributed by atoms with Gasteiger partial charge in [0, 0.05) is 17.7 Å². The van der Waals surface area contributed by atoms with Crippen LogP contribution in [0.2, 0.25) is 0 Å². The highest BCUT2D eigenvalue weighted by Gasteiger charge is 2.20. The molecule has 1 aliphatic rings. The zero-order valence-electron chi connectivity index (χ0n) is 13.1. The summed E-state index contributed by atoms with van der Waals surface area (Å²) in [5.74, 6) is 1.15. The topological polar surface area (TPSA) is 67.6 Å². The van der Waals surface area contributed by atoms with Crippen molar-refractivity contribution in [2.24, 2.45) is 0 Å². The number of amides is 2. The van der Waals surface area contributed by atoms with E-state index < -0.39 is 0 Å². The van der Waals surface area contributed by atoms with Gasteiger partial charge >= 0.3 is 6.03 Å². The first-order valence-electron chi connectivity index (χ1n) is 7.29. The fourth-order valence-electron chi connectivity index (χ4n) is 2.35. The second-order valence-electron chi connectivity index (χ2n) is 5.12. The van der Waals surface area contributed by atoms with Gasteiger partial charge in [-0.2, -0.15) is 0 Å². The molecular formula is C16H15Cl2N3O3. The normalized spacial score (nSPS) is 14.4. The maximum Gasteiger partial charge on any atom is 0.326 e. The highest BCUT2D eigenvalue weighted by atomic mass is 35.5. The van der Waals surface area contributed by atoms with Crippen LogP contribution in [0.5, 0.6) is 5.75 Å². The van der Waals surface area contributed by atoms with Gasteiger partial charge in [-0.3, -0.25) is 4.90 Å². The van der Waals surface area contributed by atoms with Crippen molar-refractivity contribution in [1.82, 2.24) is 9.88 Å². The Bertz CT molecular complexity index is 858. The number of allylic oxidation sites excluding steroid dienone is 2. The number of anilines is 1. The van der Waals surface area contributed by atoms with Gasteiger partial charge in [0.25, 0.3) is 0 Å². The monoisotopic (exact) mass is 367 g/mol. The van der Waals surface area contributed by atoms with E-state index in [9.17, 15) is 4.79 Å². The fourth-order valence-corrected chi connectivity index (χ4v) is 2.90. The van der Waals surface area contributed by atoms with E-state index in [1.807, 2.05) is 6.92 Å². The lowest BCUT2D eigenvalue weighted by Gasteiger charge is -2.22. The average Bonchev–Trinajstić information content (AvgIpc) is 2.99. The van der Waals surface area contributed by atoms with E-state index in [0.29, 0.717) is 44.9 Å². The lowest BCUT2D eigenvalue weighted by molar-refractivity contribution is 0.231. The van der Waals surface area contributed by atoms with E-state index in [-0.39, 0.29) is 12.6 Å². The molecule has 2 heterocycles. The predicted octanol–water partition coefficient (Wildman–Crippen LogP) is 4.45. The minimum Gasteiger partial charge on any atom is -0.494 e. The van der Waals surface area contributed by atoms with Crippen LogP contribution in [0.15, 0.2) is 38.9 Å². The summed E-state index contributed by atoms with van der Waals surface area (Å²) in [6.07, 6.45) is 3.75. The predicted molar refractivity (Wildman–Crippen MR) is 93.5 cm³/mol. The highest BCUT2D eigenvalue weighted by molar-refractivity contribution is 6.35. The van der Waals surface area contributed by atoms with Gasteiger partial charge in [-0.05, 0) is 18.2 Å². The number of urea groups is 1. The summed E-state index contributed by atoms with van der Waals surface area (Å²) in [5, 5.41) is 3.65. The second kappa shape index (κ2) is 6.75.